The second kappa shape index (κ2) is 9.19. The highest BCUT2D eigenvalue weighted by molar-refractivity contribution is 7.14. The highest BCUT2D eigenvalue weighted by atomic mass is 32.1. The van der Waals surface area contributed by atoms with Crippen LogP contribution in [0.1, 0.15) is 11.6 Å². The van der Waals surface area contributed by atoms with Gasteiger partial charge in [-0.2, -0.15) is 0 Å². The molecular weight excluding hydrogens is 361 g/mol. The summed E-state index contributed by atoms with van der Waals surface area (Å²) in [6.45, 7) is 4.52. The quantitative estimate of drug-likeness (QED) is 0.630. The molecule has 1 N–H and O–H groups in total. The van der Waals surface area contributed by atoms with E-state index in [0.717, 1.165) is 37.7 Å². The molecule has 1 saturated heterocycles. The van der Waals surface area contributed by atoms with Gasteiger partial charge in [-0.1, -0.05) is 12.1 Å². The lowest BCUT2D eigenvalue weighted by molar-refractivity contribution is 0.291. The molecule has 1 atom stereocenters. The van der Waals surface area contributed by atoms with Gasteiger partial charge in [-0.25, -0.2) is 4.39 Å². The zero-order valence-electron chi connectivity index (χ0n) is 16.2. The first-order chi connectivity index (χ1) is 13.1. The van der Waals surface area contributed by atoms with Gasteiger partial charge in [0.05, 0.1) is 11.0 Å². The number of hydrogen-bond acceptors (Lipinski definition) is 4. The molecule has 0 bridgehead atoms. The maximum absolute atomic E-state index is 13.6. The van der Waals surface area contributed by atoms with Gasteiger partial charge in [-0.3, -0.25) is 4.99 Å². The number of benzene rings is 1. The maximum Gasteiger partial charge on any atom is 0.193 e. The van der Waals surface area contributed by atoms with E-state index in [-0.39, 0.29) is 11.9 Å². The van der Waals surface area contributed by atoms with Crippen molar-refractivity contribution in [3.8, 4) is 0 Å². The van der Waals surface area contributed by atoms with E-state index in [2.05, 4.69) is 42.5 Å². The molecule has 0 spiro atoms. The fourth-order valence-electron chi connectivity index (χ4n) is 3.42. The minimum absolute atomic E-state index is 0.0739. The van der Waals surface area contributed by atoms with E-state index >= 15 is 0 Å². The summed E-state index contributed by atoms with van der Waals surface area (Å²) in [5.41, 5.74) is 0.963. The summed E-state index contributed by atoms with van der Waals surface area (Å²) in [6, 6.07) is 11.2. The average Bonchev–Trinajstić information content (AvgIpc) is 3.20. The van der Waals surface area contributed by atoms with Crippen molar-refractivity contribution in [2.24, 2.45) is 4.99 Å². The minimum Gasteiger partial charge on any atom is -0.360 e. The summed E-state index contributed by atoms with van der Waals surface area (Å²) >= 11 is 1.79. The maximum atomic E-state index is 13.6. The Kier molecular flexibility index (Phi) is 6.68. The van der Waals surface area contributed by atoms with Gasteiger partial charge in [0.2, 0.25) is 0 Å². The van der Waals surface area contributed by atoms with Crippen LogP contribution < -0.4 is 10.2 Å². The lowest BCUT2D eigenvalue weighted by atomic mass is 10.1. The number of anilines is 1. The third-order valence-corrected chi connectivity index (χ3v) is 5.85. The number of hydrogen-bond donors (Lipinski definition) is 1. The van der Waals surface area contributed by atoms with Crippen LogP contribution in [0.4, 0.5) is 9.39 Å². The predicted octanol–water partition coefficient (Wildman–Crippen LogP) is 2.89. The molecule has 1 unspecified atom stereocenters. The normalized spacial score (nSPS) is 16.7. The van der Waals surface area contributed by atoms with Crippen LogP contribution in [0.3, 0.4) is 0 Å². The smallest absolute Gasteiger partial charge is 0.193 e. The summed E-state index contributed by atoms with van der Waals surface area (Å²) in [5, 5.41) is 6.94. The van der Waals surface area contributed by atoms with Gasteiger partial charge in [0.1, 0.15) is 5.82 Å². The fraction of sp³-hybridized carbons (Fsp3) is 0.450. The van der Waals surface area contributed by atoms with Gasteiger partial charge < -0.3 is 20.0 Å². The Balaban J connectivity index is 1.58. The number of rotatable bonds is 5. The van der Waals surface area contributed by atoms with E-state index in [1.165, 1.54) is 11.1 Å². The molecule has 2 heterocycles. The van der Waals surface area contributed by atoms with Crippen molar-refractivity contribution in [3.63, 3.8) is 0 Å². The van der Waals surface area contributed by atoms with E-state index < -0.39 is 0 Å². The van der Waals surface area contributed by atoms with Gasteiger partial charge in [0.25, 0.3) is 0 Å². The number of guanidine groups is 1. The molecule has 1 fully saturated rings. The van der Waals surface area contributed by atoms with Crippen molar-refractivity contribution in [1.29, 1.82) is 0 Å². The third kappa shape index (κ3) is 4.99. The first-order valence-electron chi connectivity index (χ1n) is 9.24. The minimum atomic E-state index is -0.201. The Morgan fingerprint density at radius 3 is 2.59 bits per heavy atom. The first-order valence-corrected chi connectivity index (χ1v) is 10.1. The lowest BCUT2D eigenvalue weighted by Crippen LogP contribution is -2.53. The van der Waals surface area contributed by atoms with E-state index in [4.69, 9.17) is 0 Å². The summed E-state index contributed by atoms with van der Waals surface area (Å²) in [4.78, 5) is 11.3. The molecule has 27 heavy (non-hydrogen) atoms. The van der Waals surface area contributed by atoms with Gasteiger partial charge in [0, 0.05) is 39.8 Å². The van der Waals surface area contributed by atoms with Crippen molar-refractivity contribution < 1.29 is 4.39 Å². The molecule has 3 rings (SSSR count). The molecule has 7 heteroatoms. The van der Waals surface area contributed by atoms with Crippen molar-refractivity contribution in [2.75, 3.05) is 58.8 Å². The van der Waals surface area contributed by atoms with E-state index in [0.29, 0.717) is 6.54 Å². The molecule has 146 valence electrons. The van der Waals surface area contributed by atoms with E-state index in [9.17, 15) is 4.39 Å². The lowest BCUT2D eigenvalue weighted by Gasteiger charge is -2.37. The molecule has 0 amide bonds. The van der Waals surface area contributed by atoms with E-state index in [1.807, 2.05) is 27.2 Å². The van der Waals surface area contributed by atoms with Crippen LogP contribution >= 0.6 is 11.3 Å². The second-order valence-electron chi connectivity index (χ2n) is 6.89. The van der Waals surface area contributed by atoms with Gasteiger partial charge in [0.15, 0.2) is 5.96 Å². The zero-order valence-corrected chi connectivity index (χ0v) is 17.0. The standard InChI is InChI=1S/C20H28FN5S/c1-22-20(26-11-9-25(10-12-26)19-8-5-13-27-19)23-15-18(24(2)3)16-6-4-7-17(21)14-16/h4-8,13-14,18H,9-12,15H2,1-3H3,(H,22,23). The number of thiophene rings is 1. The predicted molar refractivity (Wildman–Crippen MR) is 112 cm³/mol. The molecular formula is C20H28FN5S. The summed E-state index contributed by atoms with van der Waals surface area (Å²) in [5.74, 6) is 0.706. The third-order valence-electron chi connectivity index (χ3n) is 4.92. The van der Waals surface area contributed by atoms with Crippen LogP contribution in [0.2, 0.25) is 0 Å². The van der Waals surface area contributed by atoms with Gasteiger partial charge in [-0.15, -0.1) is 11.3 Å². The van der Waals surface area contributed by atoms with Gasteiger partial charge in [-0.05, 0) is 49.3 Å². The van der Waals surface area contributed by atoms with E-state index in [1.54, 1.807) is 23.5 Å². The Labute approximate surface area is 165 Å². The van der Waals surface area contributed by atoms with Crippen LogP contribution in [-0.4, -0.2) is 69.6 Å². The number of likely N-dealkylation sites (N-methyl/N-ethyl adjacent to an activating group) is 1. The molecule has 1 aromatic carbocycles. The first kappa shape index (κ1) is 19.6. The van der Waals surface area contributed by atoms with Crippen LogP contribution in [0, 0.1) is 5.82 Å². The highest BCUT2D eigenvalue weighted by Crippen LogP contribution is 2.22. The molecule has 0 saturated carbocycles. The van der Waals surface area contributed by atoms with Crippen molar-refractivity contribution in [2.45, 2.75) is 6.04 Å². The van der Waals surface area contributed by atoms with Gasteiger partial charge >= 0.3 is 0 Å². The molecule has 1 aliphatic heterocycles. The topological polar surface area (TPSA) is 34.1 Å². The zero-order chi connectivity index (χ0) is 19.2. The molecule has 0 radical (unpaired) electrons. The average molecular weight is 390 g/mol. The highest BCUT2D eigenvalue weighted by Gasteiger charge is 2.22. The summed E-state index contributed by atoms with van der Waals surface area (Å²) in [7, 11) is 5.85. The number of aliphatic imine (C=N–C) groups is 1. The molecule has 0 aliphatic carbocycles. The Morgan fingerprint density at radius 1 is 1.22 bits per heavy atom. The van der Waals surface area contributed by atoms with Crippen molar-refractivity contribution in [1.82, 2.24) is 15.1 Å². The van der Waals surface area contributed by atoms with Crippen molar-refractivity contribution >= 4 is 22.3 Å². The Bertz CT molecular complexity index is 739. The second-order valence-corrected chi connectivity index (χ2v) is 7.81. The SMILES string of the molecule is CN=C(NCC(c1cccc(F)c1)N(C)C)N1CCN(c2cccs2)CC1. The number of nitrogens with one attached hydrogen (secondary N) is 1. The number of nitrogens with zero attached hydrogens (tertiary/aromatic N) is 4. The molecule has 1 aromatic heterocycles. The largest absolute Gasteiger partial charge is 0.360 e. The fourth-order valence-corrected chi connectivity index (χ4v) is 4.21. The molecule has 5 nitrogen and oxygen atoms in total. The van der Waals surface area contributed by atoms with Crippen LogP contribution in [0.5, 0.6) is 0 Å². The van der Waals surface area contributed by atoms with Crippen molar-refractivity contribution in [3.05, 3.63) is 53.2 Å². The monoisotopic (exact) mass is 389 g/mol. The Morgan fingerprint density at radius 2 is 2.00 bits per heavy atom. The molecule has 1 aliphatic rings. The Hall–Kier alpha value is -2.12. The van der Waals surface area contributed by atoms with Crippen LogP contribution in [0.15, 0.2) is 46.8 Å². The number of halogens is 1. The summed E-state index contributed by atoms with van der Waals surface area (Å²) < 4.78 is 13.6. The number of piperazine rings is 1. The van der Waals surface area contributed by atoms with Crippen LogP contribution in [0.25, 0.3) is 0 Å². The van der Waals surface area contributed by atoms with Crippen LogP contribution in [-0.2, 0) is 0 Å². The summed E-state index contributed by atoms with van der Waals surface area (Å²) in [6.07, 6.45) is 0. The molecule has 2 aromatic rings.